The van der Waals surface area contributed by atoms with Gasteiger partial charge in [-0.05, 0) is 52.6 Å². The van der Waals surface area contributed by atoms with Crippen molar-refractivity contribution in [3.8, 4) is 0 Å². The molecular weight excluding hydrogens is 466 g/mol. The first-order chi connectivity index (χ1) is 18.4. The number of ketones is 2. The highest BCUT2D eigenvalue weighted by atomic mass is 16.2. The summed E-state index contributed by atoms with van der Waals surface area (Å²) in [5.41, 5.74) is 8.17. The van der Waals surface area contributed by atoms with Gasteiger partial charge in [-0.1, -0.05) is 98.8 Å². The van der Waals surface area contributed by atoms with Crippen molar-refractivity contribution in [2.24, 2.45) is 0 Å². The fraction of sp³-hybridized carbons (Fsp3) is 0.143. The van der Waals surface area contributed by atoms with Crippen LogP contribution in [0.1, 0.15) is 62.7 Å². The number of rotatable bonds is 2. The smallest absolute Gasteiger partial charge is 0.197 e. The van der Waals surface area contributed by atoms with Gasteiger partial charge in [-0.2, -0.15) is 0 Å². The van der Waals surface area contributed by atoms with Crippen LogP contribution in [0.3, 0.4) is 0 Å². The van der Waals surface area contributed by atoms with Crippen LogP contribution in [0, 0.1) is 0 Å². The summed E-state index contributed by atoms with van der Waals surface area (Å²) in [6, 6.07) is 32.9. The molecule has 3 aliphatic rings. The highest BCUT2D eigenvalue weighted by molar-refractivity contribution is 6.41. The SMILES string of the molecule is CC1(C)c2ccccc2N(c2ccccc2)C2C=Cc3cc(C=C4C(=O)c5ccccc5C4=O)ccc3C21. The van der Waals surface area contributed by atoms with Crippen LogP contribution < -0.4 is 4.90 Å². The predicted octanol–water partition coefficient (Wildman–Crippen LogP) is 7.76. The summed E-state index contributed by atoms with van der Waals surface area (Å²) in [7, 11) is 0. The number of carbonyl (C=O) groups is 2. The first kappa shape index (κ1) is 22.7. The van der Waals surface area contributed by atoms with E-state index in [1.54, 1.807) is 30.3 Å². The summed E-state index contributed by atoms with van der Waals surface area (Å²) in [5.74, 6) is -0.164. The summed E-state index contributed by atoms with van der Waals surface area (Å²) < 4.78 is 0. The fourth-order valence-electron chi connectivity index (χ4n) is 6.69. The molecule has 2 atom stereocenters. The Balaban J connectivity index is 1.33. The average Bonchev–Trinajstić information content (AvgIpc) is 3.18. The van der Waals surface area contributed by atoms with Crippen LogP contribution >= 0.6 is 0 Å². The van der Waals surface area contributed by atoms with E-state index in [1.165, 1.54) is 22.5 Å². The molecule has 7 rings (SSSR count). The predicted molar refractivity (Wildman–Crippen MR) is 153 cm³/mol. The van der Waals surface area contributed by atoms with Crippen LogP contribution in [0.15, 0.2) is 109 Å². The van der Waals surface area contributed by atoms with Crippen molar-refractivity contribution in [3.63, 3.8) is 0 Å². The molecular formula is C35H27NO2. The molecule has 2 aliphatic carbocycles. The number of hydrogen-bond acceptors (Lipinski definition) is 3. The molecule has 0 aromatic heterocycles. The lowest BCUT2D eigenvalue weighted by atomic mass is 9.61. The number of anilines is 2. The normalized spacial score (nSPS) is 20.5. The van der Waals surface area contributed by atoms with E-state index in [-0.39, 0.29) is 34.5 Å². The molecule has 0 saturated carbocycles. The van der Waals surface area contributed by atoms with E-state index >= 15 is 0 Å². The minimum absolute atomic E-state index is 0.106. The Bertz CT molecular complexity index is 1660. The maximum Gasteiger partial charge on any atom is 0.197 e. The van der Waals surface area contributed by atoms with Gasteiger partial charge in [-0.15, -0.1) is 0 Å². The second-order valence-corrected chi connectivity index (χ2v) is 10.9. The summed E-state index contributed by atoms with van der Waals surface area (Å²) in [6.45, 7) is 4.69. The number of allylic oxidation sites excluding steroid dienone is 1. The number of hydrogen-bond donors (Lipinski definition) is 0. The highest BCUT2D eigenvalue weighted by Crippen LogP contribution is 2.55. The largest absolute Gasteiger partial charge is 0.334 e. The van der Waals surface area contributed by atoms with Crippen LogP contribution in [0.5, 0.6) is 0 Å². The zero-order chi connectivity index (χ0) is 26.0. The zero-order valence-electron chi connectivity index (χ0n) is 21.4. The first-order valence-corrected chi connectivity index (χ1v) is 13.1. The van der Waals surface area contributed by atoms with Crippen molar-refractivity contribution >= 4 is 35.1 Å². The number of benzene rings is 4. The Labute approximate surface area is 222 Å². The number of para-hydroxylation sites is 2. The van der Waals surface area contributed by atoms with E-state index in [9.17, 15) is 9.59 Å². The van der Waals surface area contributed by atoms with E-state index < -0.39 is 0 Å². The molecule has 0 bridgehead atoms. The third-order valence-corrected chi connectivity index (χ3v) is 8.44. The van der Waals surface area contributed by atoms with Gasteiger partial charge in [0.25, 0.3) is 0 Å². The Morgan fingerprint density at radius 2 is 1.42 bits per heavy atom. The lowest BCUT2D eigenvalue weighted by Crippen LogP contribution is -2.49. The van der Waals surface area contributed by atoms with Gasteiger partial charge >= 0.3 is 0 Å². The lowest BCUT2D eigenvalue weighted by Gasteiger charge is -2.52. The van der Waals surface area contributed by atoms with E-state index in [1.807, 2.05) is 0 Å². The topological polar surface area (TPSA) is 37.4 Å². The monoisotopic (exact) mass is 493 g/mol. The molecule has 3 heteroatoms. The van der Waals surface area contributed by atoms with Crippen molar-refractivity contribution in [2.45, 2.75) is 31.2 Å². The van der Waals surface area contributed by atoms with Crippen molar-refractivity contribution in [1.82, 2.24) is 0 Å². The van der Waals surface area contributed by atoms with Crippen LogP contribution in [-0.2, 0) is 5.41 Å². The van der Waals surface area contributed by atoms with Gasteiger partial charge in [0.05, 0.1) is 11.6 Å². The molecule has 0 spiro atoms. The minimum atomic E-state index is -0.192. The van der Waals surface area contributed by atoms with Crippen LogP contribution in [-0.4, -0.2) is 17.6 Å². The fourth-order valence-corrected chi connectivity index (χ4v) is 6.69. The third-order valence-electron chi connectivity index (χ3n) is 8.44. The van der Waals surface area contributed by atoms with Crippen LogP contribution in [0.4, 0.5) is 11.4 Å². The Morgan fingerprint density at radius 3 is 2.16 bits per heavy atom. The van der Waals surface area contributed by atoms with Crippen LogP contribution in [0.25, 0.3) is 12.2 Å². The maximum absolute atomic E-state index is 13.0. The molecule has 184 valence electrons. The van der Waals surface area contributed by atoms with Crippen molar-refractivity contribution in [3.05, 3.63) is 142 Å². The van der Waals surface area contributed by atoms with E-state index in [0.29, 0.717) is 11.1 Å². The maximum atomic E-state index is 13.0. The van der Waals surface area contributed by atoms with Crippen molar-refractivity contribution in [1.29, 1.82) is 0 Å². The first-order valence-electron chi connectivity index (χ1n) is 13.1. The molecule has 0 saturated heterocycles. The lowest BCUT2D eigenvalue weighted by molar-refractivity contribution is 0.0990. The van der Waals surface area contributed by atoms with Gasteiger partial charge in [-0.25, -0.2) is 0 Å². The molecule has 4 aromatic carbocycles. The molecule has 1 aliphatic heterocycles. The molecule has 0 radical (unpaired) electrons. The second kappa shape index (κ2) is 8.26. The summed E-state index contributed by atoms with van der Waals surface area (Å²) in [4.78, 5) is 28.4. The Hall–Kier alpha value is -4.50. The van der Waals surface area contributed by atoms with Gasteiger partial charge in [0.15, 0.2) is 11.6 Å². The molecule has 38 heavy (non-hydrogen) atoms. The second-order valence-electron chi connectivity index (χ2n) is 10.9. The quantitative estimate of drug-likeness (QED) is 0.212. The standard InChI is InChI=1S/C35H27NO2/c1-35(2)29-14-8-9-15-30(29)36(24-10-4-3-5-11-24)31-19-17-23-20-22(16-18-25(23)32(31)35)21-28-33(37)26-12-6-7-13-27(26)34(28)38/h3-21,31-32H,1-2H3. The van der Waals surface area contributed by atoms with Gasteiger partial charge < -0.3 is 4.90 Å². The summed E-state index contributed by atoms with van der Waals surface area (Å²) in [6.07, 6.45) is 6.27. The number of nitrogens with zero attached hydrogens (tertiary/aromatic N) is 1. The Kier molecular flexibility index (Phi) is 4.93. The summed E-state index contributed by atoms with van der Waals surface area (Å²) >= 11 is 0. The molecule has 1 heterocycles. The van der Waals surface area contributed by atoms with E-state index in [2.05, 4.69) is 104 Å². The summed E-state index contributed by atoms with van der Waals surface area (Å²) in [5, 5.41) is 0. The van der Waals surface area contributed by atoms with Crippen molar-refractivity contribution < 1.29 is 9.59 Å². The number of Topliss-reactive ketones (excluding diaryl/α,β-unsaturated/α-hetero) is 2. The van der Waals surface area contributed by atoms with Crippen molar-refractivity contribution in [2.75, 3.05) is 4.90 Å². The highest BCUT2D eigenvalue weighted by Gasteiger charge is 2.48. The minimum Gasteiger partial charge on any atom is -0.334 e. The van der Waals surface area contributed by atoms with Gasteiger partial charge in [0.1, 0.15) is 0 Å². The number of fused-ring (bicyclic) bond motifs is 5. The average molecular weight is 494 g/mol. The molecule has 2 unspecified atom stereocenters. The molecule has 4 aromatic rings. The van der Waals surface area contributed by atoms with Gasteiger partial charge in [0, 0.05) is 33.8 Å². The Morgan fingerprint density at radius 1 is 0.763 bits per heavy atom. The van der Waals surface area contributed by atoms with E-state index in [0.717, 1.165) is 11.1 Å². The van der Waals surface area contributed by atoms with Gasteiger partial charge in [0.2, 0.25) is 0 Å². The molecule has 3 nitrogen and oxygen atoms in total. The van der Waals surface area contributed by atoms with Gasteiger partial charge in [-0.3, -0.25) is 9.59 Å². The molecule has 0 fully saturated rings. The zero-order valence-corrected chi connectivity index (χ0v) is 21.4. The van der Waals surface area contributed by atoms with E-state index in [4.69, 9.17) is 0 Å². The van der Waals surface area contributed by atoms with Crippen LogP contribution in [0.2, 0.25) is 0 Å². The molecule has 0 N–H and O–H groups in total. The molecule has 0 amide bonds. The third kappa shape index (κ3) is 3.21. The number of carbonyl (C=O) groups excluding carboxylic acids is 2.